The Morgan fingerprint density at radius 3 is 2.36 bits per heavy atom. The molecule has 0 bridgehead atoms. The van der Waals surface area contributed by atoms with Crippen molar-refractivity contribution in [1.29, 1.82) is 0 Å². The van der Waals surface area contributed by atoms with E-state index < -0.39 is 0 Å². The lowest BCUT2D eigenvalue weighted by Gasteiger charge is -2.27. The molecular formula is C34H36NO+. The van der Waals surface area contributed by atoms with Crippen LogP contribution in [0.3, 0.4) is 0 Å². The molecule has 5 aromatic rings. The first-order chi connectivity index (χ1) is 17.0. The van der Waals surface area contributed by atoms with E-state index in [1.54, 1.807) is 0 Å². The Morgan fingerprint density at radius 1 is 0.861 bits per heavy atom. The van der Waals surface area contributed by atoms with Crippen molar-refractivity contribution >= 4 is 32.3 Å². The Bertz CT molecular complexity index is 1720. The second kappa shape index (κ2) is 7.80. The van der Waals surface area contributed by atoms with E-state index >= 15 is 0 Å². The predicted octanol–water partition coefficient (Wildman–Crippen LogP) is 8.86. The molecule has 1 aromatic heterocycles. The van der Waals surface area contributed by atoms with Crippen LogP contribution in [0.25, 0.3) is 43.6 Å². The Morgan fingerprint density at radius 2 is 1.64 bits per heavy atom. The molecule has 0 saturated heterocycles. The van der Waals surface area contributed by atoms with E-state index in [0.29, 0.717) is 5.92 Å². The van der Waals surface area contributed by atoms with Crippen LogP contribution < -0.4 is 9.30 Å². The summed E-state index contributed by atoms with van der Waals surface area (Å²) in [5.41, 5.74) is 7.88. The van der Waals surface area contributed by atoms with Crippen molar-refractivity contribution in [3.63, 3.8) is 0 Å². The van der Waals surface area contributed by atoms with E-state index in [2.05, 4.69) is 115 Å². The van der Waals surface area contributed by atoms with Crippen LogP contribution in [0.1, 0.15) is 56.9 Å². The molecule has 2 heteroatoms. The summed E-state index contributed by atoms with van der Waals surface area (Å²) in [6.45, 7) is 15.9. The van der Waals surface area contributed by atoms with Crippen LogP contribution >= 0.6 is 0 Å². The fraction of sp³-hybridized carbons (Fsp3) is 0.324. The molecule has 2 nitrogen and oxygen atoms in total. The van der Waals surface area contributed by atoms with Crippen LogP contribution in [-0.4, -0.2) is 0 Å². The van der Waals surface area contributed by atoms with Gasteiger partial charge in [-0.15, -0.1) is 0 Å². The number of aryl methyl sites for hydroxylation is 3. The van der Waals surface area contributed by atoms with Crippen molar-refractivity contribution in [1.82, 2.24) is 0 Å². The van der Waals surface area contributed by atoms with Crippen molar-refractivity contribution in [2.75, 3.05) is 0 Å². The number of hydrogen-bond acceptors (Lipinski definition) is 1. The van der Waals surface area contributed by atoms with Gasteiger partial charge in [-0.25, -0.2) is 4.57 Å². The van der Waals surface area contributed by atoms with Gasteiger partial charge < -0.3 is 4.74 Å². The van der Waals surface area contributed by atoms with Crippen LogP contribution in [-0.2, 0) is 18.9 Å². The van der Waals surface area contributed by atoms with E-state index in [4.69, 9.17) is 4.74 Å². The first kappa shape index (κ1) is 23.0. The molecular weight excluding hydrogens is 438 g/mol. The number of aromatic nitrogens is 1. The maximum atomic E-state index is 6.95. The van der Waals surface area contributed by atoms with Gasteiger partial charge in [0.25, 0.3) is 0 Å². The number of rotatable bonds is 2. The van der Waals surface area contributed by atoms with Gasteiger partial charge in [0, 0.05) is 17.0 Å². The van der Waals surface area contributed by atoms with Crippen LogP contribution in [0.5, 0.6) is 11.5 Å². The number of hydrogen-bond donors (Lipinski definition) is 0. The highest BCUT2D eigenvalue weighted by Gasteiger charge is 2.33. The third-order valence-electron chi connectivity index (χ3n) is 7.91. The van der Waals surface area contributed by atoms with Crippen LogP contribution in [0.15, 0.2) is 54.7 Å². The van der Waals surface area contributed by atoms with Crippen molar-refractivity contribution in [3.8, 4) is 22.8 Å². The van der Waals surface area contributed by atoms with Gasteiger partial charge >= 0.3 is 0 Å². The number of ether oxygens (including phenoxy) is 1. The summed E-state index contributed by atoms with van der Waals surface area (Å²) < 4.78 is 9.24. The topological polar surface area (TPSA) is 13.1 Å². The summed E-state index contributed by atoms with van der Waals surface area (Å²) in [7, 11) is 2.17. The highest BCUT2D eigenvalue weighted by molar-refractivity contribution is 6.16. The Kier molecular flexibility index (Phi) is 4.99. The van der Waals surface area contributed by atoms with Gasteiger partial charge in [-0.3, -0.25) is 0 Å². The maximum Gasteiger partial charge on any atom is 0.228 e. The lowest BCUT2D eigenvalue weighted by Crippen LogP contribution is -2.32. The molecule has 4 aromatic carbocycles. The molecule has 36 heavy (non-hydrogen) atoms. The van der Waals surface area contributed by atoms with Gasteiger partial charge in [0.05, 0.1) is 10.9 Å². The van der Waals surface area contributed by atoms with Gasteiger partial charge in [-0.1, -0.05) is 70.5 Å². The first-order valence-corrected chi connectivity index (χ1v) is 13.2. The predicted molar refractivity (Wildman–Crippen MR) is 152 cm³/mol. The van der Waals surface area contributed by atoms with Gasteiger partial charge in [0.2, 0.25) is 5.69 Å². The molecule has 2 heterocycles. The van der Waals surface area contributed by atoms with Crippen molar-refractivity contribution in [2.24, 2.45) is 13.0 Å². The summed E-state index contributed by atoms with van der Waals surface area (Å²) in [5.74, 6) is 2.54. The minimum Gasteiger partial charge on any atom is -0.455 e. The number of pyridine rings is 1. The normalized spacial score (nSPS) is 13.0. The zero-order valence-electron chi connectivity index (χ0n) is 22.8. The second-order valence-corrected chi connectivity index (χ2v) is 12.2. The Balaban J connectivity index is 1.78. The molecule has 0 radical (unpaired) electrons. The first-order valence-electron chi connectivity index (χ1n) is 13.2. The van der Waals surface area contributed by atoms with Crippen molar-refractivity contribution < 1.29 is 9.30 Å². The molecule has 0 unspecified atom stereocenters. The molecule has 0 atom stereocenters. The van der Waals surface area contributed by atoms with Gasteiger partial charge in [-0.2, -0.15) is 0 Å². The average molecular weight is 475 g/mol. The highest BCUT2D eigenvalue weighted by Crippen LogP contribution is 2.52. The largest absolute Gasteiger partial charge is 0.455 e. The molecule has 1 aliphatic rings. The minimum atomic E-state index is 0.0980. The molecule has 6 rings (SSSR count). The molecule has 0 fully saturated rings. The smallest absolute Gasteiger partial charge is 0.228 e. The number of benzene rings is 4. The number of nitrogens with zero attached hydrogens (tertiary/aromatic N) is 1. The quantitative estimate of drug-likeness (QED) is 0.180. The lowest BCUT2D eigenvalue weighted by atomic mass is 9.83. The van der Waals surface area contributed by atoms with E-state index in [0.717, 1.165) is 17.9 Å². The van der Waals surface area contributed by atoms with Gasteiger partial charge in [-0.05, 0) is 76.4 Å². The monoisotopic (exact) mass is 474 g/mol. The summed E-state index contributed by atoms with van der Waals surface area (Å²) in [6, 6.07) is 18.3. The van der Waals surface area contributed by atoms with E-state index in [1.807, 2.05) is 0 Å². The second-order valence-electron chi connectivity index (χ2n) is 12.2. The molecule has 0 spiro atoms. The summed E-state index contributed by atoms with van der Waals surface area (Å²) >= 11 is 0. The highest BCUT2D eigenvalue weighted by atomic mass is 16.5. The summed E-state index contributed by atoms with van der Waals surface area (Å²) in [5, 5.41) is 7.67. The molecule has 0 amide bonds. The van der Waals surface area contributed by atoms with Gasteiger partial charge in [0.15, 0.2) is 6.20 Å². The van der Waals surface area contributed by atoms with E-state index in [-0.39, 0.29) is 5.41 Å². The maximum absolute atomic E-state index is 6.95. The average Bonchev–Trinajstić information content (AvgIpc) is 2.81. The standard InChI is InChI=1S/C34H36NO/c1-19(2)15-28-24-12-9-20(3)16-26(24)21(4)30-32-31-25(13-14-35(32)8)27-18-23(34(5,6)7)11-10-22(27)17-29(31)36-33(28)30/h9-14,16-19H,15H2,1-8H3/q+1. The van der Waals surface area contributed by atoms with Gasteiger partial charge in [0.1, 0.15) is 18.5 Å². The third-order valence-corrected chi connectivity index (χ3v) is 7.91. The molecule has 0 saturated carbocycles. The van der Waals surface area contributed by atoms with Crippen molar-refractivity contribution in [3.05, 3.63) is 77.0 Å². The van der Waals surface area contributed by atoms with Crippen LogP contribution in [0, 0.1) is 19.8 Å². The number of fused-ring (bicyclic) bond motifs is 5. The molecule has 182 valence electrons. The van der Waals surface area contributed by atoms with Crippen LogP contribution in [0.2, 0.25) is 0 Å². The third kappa shape index (κ3) is 3.34. The lowest BCUT2D eigenvalue weighted by molar-refractivity contribution is -0.659. The fourth-order valence-corrected chi connectivity index (χ4v) is 6.03. The van der Waals surface area contributed by atoms with E-state index in [9.17, 15) is 0 Å². The SMILES string of the molecule is Cc1ccc2c(CC(C)C)c3c(c(C)c2c1)-c1c2c(cc4ccc(C(C)(C)C)cc4c2cc[n+]1C)O3. The molecule has 1 aliphatic heterocycles. The Hall–Kier alpha value is -3.39. The minimum absolute atomic E-state index is 0.0980. The van der Waals surface area contributed by atoms with E-state index in [1.165, 1.54) is 65.8 Å². The Labute approximate surface area is 214 Å². The zero-order chi connectivity index (χ0) is 25.5. The van der Waals surface area contributed by atoms with Crippen LogP contribution in [0.4, 0.5) is 0 Å². The summed E-state index contributed by atoms with van der Waals surface area (Å²) in [6.07, 6.45) is 3.21. The molecule has 0 N–H and O–H groups in total. The fourth-order valence-electron chi connectivity index (χ4n) is 6.03. The molecule has 0 aliphatic carbocycles. The van der Waals surface area contributed by atoms with Crippen molar-refractivity contribution in [2.45, 2.75) is 60.3 Å². The zero-order valence-corrected chi connectivity index (χ0v) is 22.8. The summed E-state index contributed by atoms with van der Waals surface area (Å²) in [4.78, 5) is 0.